The van der Waals surface area contributed by atoms with Gasteiger partial charge in [-0.15, -0.1) is 0 Å². The maximum Gasteiger partial charge on any atom is 0.0795 e. The van der Waals surface area contributed by atoms with E-state index in [0.717, 1.165) is 27.9 Å². The summed E-state index contributed by atoms with van der Waals surface area (Å²) < 4.78 is 0. The molecule has 2 aromatic heterocycles. The van der Waals surface area contributed by atoms with E-state index >= 15 is 0 Å². The number of hydrogen-bond donors (Lipinski definition) is 1. The first-order chi connectivity index (χ1) is 8.75. The minimum Gasteiger partial charge on any atom is -0.397 e. The molecule has 0 amide bonds. The maximum atomic E-state index is 5.80. The van der Waals surface area contributed by atoms with Crippen LogP contribution in [0.3, 0.4) is 0 Å². The molecular formula is C15H13N3. The van der Waals surface area contributed by atoms with E-state index in [-0.39, 0.29) is 0 Å². The Morgan fingerprint density at radius 1 is 1.00 bits per heavy atom. The van der Waals surface area contributed by atoms with Gasteiger partial charge in [0.2, 0.25) is 0 Å². The average molecular weight is 235 g/mol. The summed E-state index contributed by atoms with van der Waals surface area (Å²) in [5.74, 6) is 0. The lowest BCUT2D eigenvalue weighted by atomic mass is 10.1. The van der Waals surface area contributed by atoms with Crippen molar-refractivity contribution < 1.29 is 0 Å². The molecule has 18 heavy (non-hydrogen) atoms. The number of anilines is 1. The Bertz CT molecular complexity index is 715. The molecule has 0 aliphatic carbocycles. The summed E-state index contributed by atoms with van der Waals surface area (Å²) in [6.45, 7) is 1.91. The van der Waals surface area contributed by atoms with E-state index in [9.17, 15) is 0 Å². The second kappa shape index (κ2) is 4.11. The van der Waals surface area contributed by atoms with Crippen molar-refractivity contribution in [1.29, 1.82) is 0 Å². The summed E-state index contributed by atoms with van der Waals surface area (Å²) >= 11 is 0. The van der Waals surface area contributed by atoms with Crippen LogP contribution < -0.4 is 5.73 Å². The number of hydrogen-bond acceptors (Lipinski definition) is 3. The van der Waals surface area contributed by atoms with Gasteiger partial charge in [0.05, 0.1) is 22.6 Å². The fourth-order valence-corrected chi connectivity index (χ4v) is 2.03. The second-order valence-corrected chi connectivity index (χ2v) is 4.25. The third kappa shape index (κ3) is 1.70. The van der Waals surface area contributed by atoms with Crippen LogP contribution in [0.2, 0.25) is 0 Å². The predicted octanol–water partition coefficient (Wildman–Crippen LogP) is 3.19. The van der Waals surface area contributed by atoms with Crippen LogP contribution >= 0.6 is 0 Å². The molecule has 0 saturated heterocycles. The van der Waals surface area contributed by atoms with E-state index in [1.807, 2.05) is 37.3 Å². The zero-order valence-corrected chi connectivity index (χ0v) is 10.1. The molecule has 0 aliphatic heterocycles. The normalized spacial score (nSPS) is 10.7. The van der Waals surface area contributed by atoms with Crippen molar-refractivity contribution in [2.75, 3.05) is 5.73 Å². The third-order valence-electron chi connectivity index (χ3n) is 3.04. The summed E-state index contributed by atoms with van der Waals surface area (Å²) in [5.41, 5.74) is 10.3. The molecule has 3 rings (SSSR count). The lowest BCUT2D eigenvalue weighted by molar-refractivity contribution is 1.21. The molecule has 3 nitrogen and oxygen atoms in total. The van der Waals surface area contributed by atoms with Gasteiger partial charge in [-0.1, -0.05) is 24.3 Å². The number of aryl methyl sites for hydroxylation is 1. The van der Waals surface area contributed by atoms with Crippen molar-refractivity contribution in [2.24, 2.45) is 0 Å². The predicted molar refractivity (Wildman–Crippen MR) is 74.1 cm³/mol. The summed E-state index contributed by atoms with van der Waals surface area (Å²) in [4.78, 5) is 8.97. The van der Waals surface area contributed by atoms with Crippen molar-refractivity contribution in [3.8, 4) is 11.3 Å². The van der Waals surface area contributed by atoms with E-state index in [2.05, 4.69) is 22.1 Å². The summed E-state index contributed by atoms with van der Waals surface area (Å²) in [6.07, 6.45) is 1.80. The smallest absolute Gasteiger partial charge is 0.0795 e. The van der Waals surface area contributed by atoms with Gasteiger partial charge in [-0.2, -0.15) is 0 Å². The van der Waals surface area contributed by atoms with Gasteiger partial charge in [0.1, 0.15) is 0 Å². The van der Waals surface area contributed by atoms with Gasteiger partial charge in [-0.05, 0) is 25.1 Å². The average Bonchev–Trinajstić information content (AvgIpc) is 2.41. The molecule has 0 saturated carbocycles. The van der Waals surface area contributed by atoms with Crippen LogP contribution in [0, 0.1) is 6.92 Å². The quantitative estimate of drug-likeness (QED) is 0.704. The highest BCUT2D eigenvalue weighted by molar-refractivity contribution is 5.92. The van der Waals surface area contributed by atoms with Crippen molar-refractivity contribution in [3.05, 3.63) is 54.4 Å². The number of nitrogens with two attached hydrogens (primary N) is 1. The van der Waals surface area contributed by atoms with Crippen molar-refractivity contribution in [3.63, 3.8) is 0 Å². The van der Waals surface area contributed by atoms with Gasteiger partial charge >= 0.3 is 0 Å². The van der Waals surface area contributed by atoms with Gasteiger partial charge in [0, 0.05) is 17.1 Å². The fourth-order valence-electron chi connectivity index (χ4n) is 2.03. The summed E-state index contributed by atoms with van der Waals surface area (Å²) in [6, 6.07) is 13.9. The van der Waals surface area contributed by atoms with Gasteiger partial charge < -0.3 is 5.73 Å². The van der Waals surface area contributed by atoms with Crippen LogP contribution in [0.1, 0.15) is 5.69 Å². The molecule has 2 heterocycles. The standard InChI is InChI=1S/C15H13N3/c1-10-13(16)7-8-14(18-10)12-6-2-4-11-5-3-9-17-15(11)12/h2-9H,16H2,1H3. The summed E-state index contributed by atoms with van der Waals surface area (Å²) in [7, 11) is 0. The molecule has 0 bridgehead atoms. The zero-order valence-electron chi connectivity index (χ0n) is 10.1. The summed E-state index contributed by atoms with van der Waals surface area (Å²) in [5, 5.41) is 1.12. The van der Waals surface area contributed by atoms with Gasteiger partial charge in [0.25, 0.3) is 0 Å². The Hall–Kier alpha value is -2.42. The molecule has 1 aromatic carbocycles. The van der Waals surface area contributed by atoms with E-state index in [4.69, 9.17) is 5.73 Å². The first kappa shape index (κ1) is 10.7. The molecule has 0 radical (unpaired) electrons. The van der Waals surface area contributed by atoms with E-state index < -0.39 is 0 Å². The number of aromatic nitrogens is 2. The molecule has 0 spiro atoms. The molecule has 88 valence electrons. The highest BCUT2D eigenvalue weighted by Crippen LogP contribution is 2.26. The maximum absolute atomic E-state index is 5.80. The van der Waals surface area contributed by atoms with Crippen LogP contribution in [-0.4, -0.2) is 9.97 Å². The molecule has 0 fully saturated rings. The topological polar surface area (TPSA) is 51.8 Å². The number of fused-ring (bicyclic) bond motifs is 1. The minimum atomic E-state index is 0.715. The van der Waals surface area contributed by atoms with Crippen LogP contribution in [0.15, 0.2) is 48.7 Å². The van der Waals surface area contributed by atoms with Crippen molar-refractivity contribution in [1.82, 2.24) is 9.97 Å². The van der Waals surface area contributed by atoms with Crippen LogP contribution in [0.25, 0.3) is 22.2 Å². The van der Waals surface area contributed by atoms with Crippen LogP contribution in [-0.2, 0) is 0 Å². The Balaban J connectivity index is 2.28. The number of para-hydroxylation sites is 1. The van der Waals surface area contributed by atoms with E-state index in [1.165, 1.54) is 0 Å². The molecule has 0 unspecified atom stereocenters. The SMILES string of the molecule is Cc1nc(-c2cccc3cccnc23)ccc1N. The first-order valence-corrected chi connectivity index (χ1v) is 5.83. The largest absolute Gasteiger partial charge is 0.397 e. The Labute approximate surface area is 105 Å². The van der Waals surface area contributed by atoms with Crippen molar-refractivity contribution >= 4 is 16.6 Å². The lowest BCUT2D eigenvalue weighted by Crippen LogP contribution is -1.95. The molecule has 0 atom stereocenters. The monoisotopic (exact) mass is 235 g/mol. The molecular weight excluding hydrogens is 222 g/mol. The lowest BCUT2D eigenvalue weighted by Gasteiger charge is -2.07. The number of nitrogen functional groups attached to an aromatic ring is 1. The van der Waals surface area contributed by atoms with E-state index in [1.54, 1.807) is 6.20 Å². The van der Waals surface area contributed by atoms with Gasteiger partial charge in [0.15, 0.2) is 0 Å². The molecule has 3 aromatic rings. The number of rotatable bonds is 1. The highest BCUT2D eigenvalue weighted by Gasteiger charge is 2.06. The van der Waals surface area contributed by atoms with E-state index in [0.29, 0.717) is 5.69 Å². The number of nitrogens with zero attached hydrogens (tertiary/aromatic N) is 2. The number of pyridine rings is 2. The van der Waals surface area contributed by atoms with Crippen LogP contribution in [0.4, 0.5) is 5.69 Å². The minimum absolute atomic E-state index is 0.715. The fraction of sp³-hybridized carbons (Fsp3) is 0.0667. The first-order valence-electron chi connectivity index (χ1n) is 5.83. The van der Waals surface area contributed by atoms with Crippen LogP contribution in [0.5, 0.6) is 0 Å². The van der Waals surface area contributed by atoms with Crippen molar-refractivity contribution in [2.45, 2.75) is 6.92 Å². The second-order valence-electron chi connectivity index (χ2n) is 4.25. The Morgan fingerprint density at radius 2 is 1.83 bits per heavy atom. The molecule has 0 aliphatic rings. The van der Waals surface area contributed by atoms with Gasteiger partial charge in [-0.3, -0.25) is 9.97 Å². The Kier molecular flexibility index (Phi) is 2.45. The number of benzene rings is 1. The molecule has 2 N–H and O–H groups in total. The van der Waals surface area contributed by atoms with Gasteiger partial charge in [-0.25, -0.2) is 0 Å². The molecule has 3 heteroatoms. The zero-order chi connectivity index (χ0) is 12.5. The third-order valence-corrected chi connectivity index (χ3v) is 3.04. The highest BCUT2D eigenvalue weighted by atomic mass is 14.8. The Morgan fingerprint density at radius 3 is 2.67 bits per heavy atom.